The molecule has 0 aliphatic heterocycles. The highest BCUT2D eigenvalue weighted by Crippen LogP contribution is 2.42. The van der Waals surface area contributed by atoms with Gasteiger partial charge < -0.3 is 4.42 Å². The summed E-state index contributed by atoms with van der Waals surface area (Å²) in [4.78, 5) is 7.02. The van der Waals surface area contributed by atoms with Crippen molar-refractivity contribution in [3.05, 3.63) is 134 Å². The van der Waals surface area contributed by atoms with Crippen LogP contribution >= 0.6 is 0 Å². The van der Waals surface area contributed by atoms with Crippen LogP contribution in [-0.2, 0) is 0 Å². The number of pyridine rings is 1. The van der Waals surface area contributed by atoms with Gasteiger partial charge in [-0.2, -0.15) is 0 Å². The van der Waals surface area contributed by atoms with Gasteiger partial charge in [0.2, 0.25) is 0 Å². The first-order valence-electron chi connectivity index (χ1n) is 12.1. The van der Waals surface area contributed by atoms with E-state index in [-0.39, 0.29) is 0 Å². The Bertz CT molecular complexity index is 1820. The molecule has 0 atom stereocenters. The molecule has 2 heterocycles. The largest absolute Gasteiger partial charge is 0.451 e. The van der Waals surface area contributed by atoms with Gasteiger partial charge in [0.25, 0.3) is 0 Å². The van der Waals surface area contributed by atoms with Crippen molar-refractivity contribution in [2.45, 2.75) is 0 Å². The molecule has 3 nitrogen and oxygen atoms in total. The highest BCUT2D eigenvalue weighted by Gasteiger charge is 2.21. The van der Waals surface area contributed by atoms with E-state index in [1.807, 2.05) is 36.5 Å². The first-order valence-corrected chi connectivity index (χ1v) is 12.1. The van der Waals surface area contributed by atoms with Crippen molar-refractivity contribution in [3.8, 4) is 11.1 Å². The number of hydrogen-bond donors (Lipinski definition) is 0. The van der Waals surface area contributed by atoms with Gasteiger partial charge in [0.05, 0.1) is 0 Å². The standard InChI is InChI=1S/C33H22N2O/c1-3-9-23(10-4-1)24-15-18-27(19-16-24)35(26-12-5-2-6-13-26)33-32-30(21-22-34-33)29-20-17-25-11-7-8-14-28(25)31(29)36-32/h1-22H. The molecule has 7 rings (SSSR count). The van der Waals surface area contributed by atoms with Gasteiger partial charge in [0, 0.05) is 33.7 Å². The summed E-state index contributed by atoms with van der Waals surface area (Å²) < 4.78 is 6.61. The van der Waals surface area contributed by atoms with Crippen LogP contribution in [0.15, 0.2) is 138 Å². The summed E-state index contributed by atoms with van der Waals surface area (Å²) in [5, 5.41) is 4.42. The Kier molecular flexibility index (Phi) is 4.78. The normalized spacial score (nSPS) is 11.3. The number of furan rings is 1. The number of rotatable bonds is 4. The number of aromatic nitrogens is 1. The Morgan fingerprint density at radius 3 is 1.92 bits per heavy atom. The van der Waals surface area contributed by atoms with E-state index in [1.54, 1.807) is 0 Å². The highest BCUT2D eigenvalue weighted by molar-refractivity contribution is 6.17. The van der Waals surface area contributed by atoms with Gasteiger partial charge in [-0.05, 0) is 52.9 Å². The van der Waals surface area contributed by atoms with Crippen LogP contribution in [0.5, 0.6) is 0 Å². The molecule has 0 bridgehead atoms. The SMILES string of the molecule is c1ccc(-c2ccc(N(c3ccccc3)c3nccc4c3oc3c5ccccc5ccc43)cc2)cc1. The van der Waals surface area contributed by atoms with Crippen molar-refractivity contribution in [2.75, 3.05) is 4.90 Å². The lowest BCUT2D eigenvalue weighted by Gasteiger charge is -2.24. The fourth-order valence-corrected chi connectivity index (χ4v) is 4.98. The van der Waals surface area contributed by atoms with Crippen LogP contribution in [0, 0.1) is 0 Å². The first kappa shape index (κ1) is 20.5. The van der Waals surface area contributed by atoms with Crippen LogP contribution in [0.3, 0.4) is 0 Å². The summed E-state index contributed by atoms with van der Waals surface area (Å²) in [5.74, 6) is 0.770. The topological polar surface area (TPSA) is 29.3 Å². The lowest BCUT2D eigenvalue weighted by Crippen LogP contribution is -2.11. The van der Waals surface area contributed by atoms with Gasteiger partial charge in [-0.3, -0.25) is 4.90 Å². The molecule has 2 aromatic heterocycles. The summed E-state index contributed by atoms with van der Waals surface area (Å²) in [6.07, 6.45) is 1.87. The minimum Gasteiger partial charge on any atom is -0.451 e. The fraction of sp³-hybridized carbons (Fsp3) is 0. The molecule has 0 unspecified atom stereocenters. The molecule has 170 valence electrons. The molecule has 36 heavy (non-hydrogen) atoms. The Hall–Kier alpha value is -4.89. The van der Waals surface area contributed by atoms with Gasteiger partial charge in [-0.25, -0.2) is 4.98 Å². The number of para-hydroxylation sites is 1. The molecule has 0 amide bonds. The quantitative estimate of drug-likeness (QED) is 0.261. The fourth-order valence-electron chi connectivity index (χ4n) is 4.98. The minimum atomic E-state index is 0.770. The maximum Gasteiger partial charge on any atom is 0.181 e. The lowest BCUT2D eigenvalue weighted by atomic mass is 10.0. The zero-order valence-corrected chi connectivity index (χ0v) is 19.5. The highest BCUT2D eigenvalue weighted by atomic mass is 16.3. The summed E-state index contributed by atoms with van der Waals surface area (Å²) in [6.45, 7) is 0. The number of anilines is 3. The van der Waals surface area contributed by atoms with E-state index in [1.165, 1.54) is 11.1 Å². The summed E-state index contributed by atoms with van der Waals surface area (Å²) >= 11 is 0. The molecule has 0 saturated carbocycles. The molecule has 7 aromatic rings. The van der Waals surface area contributed by atoms with Crippen molar-refractivity contribution >= 4 is 49.9 Å². The monoisotopic (exact) mass is 462 g/mol. The molecule has 0 aliphatic carbocycles. The van der Waals surface area contributed by atoms with E-state index < -0.39 is 0 Å². The Balaban J connectivity index is 1.45. The summed E-state index contributed by atoms with van der Waals surface area (Å²) in [6, 6.07) is 44.1. The van der Waals surface area contributed by atoms with E-state index in [4.69, 9.17) is 9.40 Å². The average Bonchev–Trinajstić information content (AvgIpc) is 3.35. The number of fused-ring (bicyclic) bond motifs is 5. The van der Waals surface area contributed by atoms with E-state index in [9.17, 15) is 0 Å². The average molecular weight is 463 g/mol. The van der Waals surface area contributed by atoms with E-state index >= 15 is 0 Å². The molecule has 3 heteroatoms. The zero-order valence-electron chi connectivity index (χ0n) is 19.5. The molecule has 5 aromatic carbocycles. The first-order chi connectivity index (χ1) is 17.9. The maximum atomic E-state index is 6.61. The van der Waals surface area contributed by atoms with Crippen LogP contribution < -0.4 is 4.90 Å². The van der Waals surface area contributed by atoms with Gasteiger partial charge in [-0.15, -0.1) is 0 Å². The molecule has 0 radical (unpaired) electrons. The Morgan fingerprint density at radius 1 is 0.472 bits per heavy atom. The number of nitrogens with zero attached hydrogens (tertiary/aromatic N) is 2. The van der Waals surface area contributed by atoms with Crippen molar-refractivity contribution in [2.24, 2.45) is 0 Å². The second-order valence-corrected chi connectivity index (χ2v) is 8.86. The van der Waals surface area contributed by atoms with Crippen molar-refractivity contribution in [3.63, 3.8) is 0 Å². The van der Waals surface area contributed by atoms with Gasteiger partial charge in [0.15, 0.2) is 11.4 Å². The molecular formula is C33H22N2O. The van der Waals surface area contributed by atoms with Crippen molar-refractivity contribution < 1.29 is 4.42 Å². The van der Waals surface area contributed by atoms with Crippen molar-refractivity contribution in [1.29, 1.82) is 0 Å². The second-order valence-electron chi connectivity index (χ2n) is 8.86. The molecule has 0 saturated heterocycles. The predicted molar refractivity (Wildman–Crippen MR) is 149 cm³/mol. The van der Waals surface area contributed by atoms with Crippen LogP contribution in [0.4, 0.5) is 17.2 Å². The smallest absolute Gasteiger partial charge is 0.181 e. The van der Waals surface area contributed by atoms with Gasteiger partial charge >= 0.3 is 0 Å². The predicted octanol–water partition coefficient (Wildman–Crippen LogP) is 9.27. The minimum absolute atomic E-state index is 0.770. The Morgan fingerprint density at radius 2 is 1.11 bits per heavy atom. The van der Waals surface area contributed by atoms with Crippen LogP contribution in [0.1, 0.15) is 0 Å². The number of hydrogen-bond acceptors (Lipinski definition) is 3. The van der Waals surface area contributed by atoms with Crippen LogP contribution in [-0.4, -0.2) is 4.98 Å². The van der Waals surface area contributed by atoms with Gasteiger partial charge in [0.1, 0.15) is 5.58 Å². The molecule has 0 N–H and O–H groups in total. The van der Waals surface area contributed by atoms with E-state index in [2.05, 4.69) is 102 Å². The third-order valence-electron chi connectivity index (χ3n) is 6.72. The molecule has 0 spiro atoms. The third kappa shape index (κ3) is 3.33. The Labute approximate surface area is 208 Å². The summed E-state index contributed by atoms with van der Waals surface area (Å²) in [7, 11) is 0. The van der Waals surface area contributed by atoms with E-state index in [0.29, 0.717) is 0 Å². The second kappa shape index (κ2) is 8.40. The zero-order chi connectivity index (χ0) is 23.9. The van der Waals surface area contributed by atoms with Gasteiger partial charge in [-0.1, -0.05) is 91.0 Å². The summed E-state index contributed by atoms with van der Waals surface area (Å²) in [5.41, 5.74) is 6.08. The molecule has 0 fully saturated rings. The number of benzene rings is 5. The molecular weight excluding hydrogens is 440 g/mol. The van der Waals surface area contributed by atoms with Crippen LogP contribution in [0.25, 0.3) is 43.8 Å². The van der Waals surface area contributed by atoms with Crippen LogP contribution in [0.2, 0.25) is 0 Å². The maximum absolute atomic E-state index is 6.61. The van der Waals surface area contributed by atoms with Crippen molar-refractivity contribution in [1.82, 2.24) is 4.98 Å². The lowest BCUT2D eigenvalue weighted by molar-refractivity contribution is 0.671. The molecule has 0 aliphatic rings. The van der Waals surface area contributed by atoms with E-state index in [0.717, 1.165) is 49.9 Å². The third-order valence-corrected chi connectivity index (χ3v) is 6.72.